The zero-order chi connectivity index (χ0) is 26.4. The standard InChI is InChI=1S/C24H23F4N3O4S/c1-14(2)36(33,34)17-8-9-22(35-15(3)24(26,27)28)18(10-17)23(32)30-11-16-12-31(29-20(16)13-30)21-7-5-4-6-19(21)25/h4-10,12,14-15H,11,13H2,1-3H3/t15-/m0/s1. The van der Waals surface area contributed by atoms with Crippen LogP contribution in [0.3, 0.4) is 0 Å². The predicted octanol–water partition coefficient (Wildman–Crippen LogP) is 4.68. The van der Waals surface area contributed by atoms with Crippen LogP contribution in [0, 0.1) is 5.82 Å². The molecule has 1 aliphatic rings. The molecule has 0 fully saturated rings. The molecule has 0 unspecified atom stereocenters. The Balaban J connectivity index is 1.66. The molecule has 1 aromatic heterocycles. The monoisotopic (exact) mass is 525 g/mol. The lowest BCUT2D eigenvalue weighted by Crippen LogP contribution is -2.33. The van der Waals surface area contributed by atoms with Crippen LogP contribution < -0.4 is 4.74 Å². The fraction of sp³-hybridized carbons (Fsp3) is 0.333. The van der Waals surface area contributed by atoms with Crippen LogP contribution >= 0.6 is 0 Å². The summed E-state index contributed by atoms with van der Waals surface area (Å²) in [5.41, 5.74) is 1.04. The second-order valence-corrected chi connectivity index (χ2v) is 11.2. The van der Waals surface area contributed by atoms with Crippen LogP contribution in [0.2, 0.25) is 0 Å². The fourth-order valence-corrected chi connectivity index (χ4v) is 4.80. The summed E-state index contributed by atoms with van der Waals surface area (Å²) < 4.78 is 85.3. The molecular formula is C24H23F4N3O4S. The minimum Gasteiger partial charge on any atom is -0.480 e. The van der Waals surface area contributed by atoms with Gasteiger partial charge in [0.2, 0.25) is 0 Å². The van der Waals surface area contributed by atoms with Gasteiger partial charge in [-0.1, -0.05) is 12.1 Å². The van der Waals surface area contributed by atoms with Crippen molar-refractivity contribution in [1.82, 2.24) is 14.7 Å². The first-order valence-corrected chi connectivity index (χ1v) is 12.6. The number of aromatic nitrogens is 2. The van der Waals surface area contributed by atoms with Gasteiger partial charge in [-0.3, -0.25) is 4.79 Å². The highest BCUT2D eigenvalue weighted by Crippen LogP contribution is 2.33. The molecule has 192 valence electrons. The van der Waals surface area contributed by atoms with Crippen molar-refractivity contribution in [3.8, 4) is 11.4 Å². The van der Waals surface area contributed by atoms with Gasteiger partial charge >= 0.3 is 6.18 Å². The summed E-state index contributed by atoms with van der Waals surface area (Å²) in [7, 11) is -3.81. The van der Waals surface area contributed by atoms with Crippen molar-refractivity contribution < 1.29 is 35.5 Å². The molecule has 3 aromatic rings. The quantitative estimate of drug-likeness (QED) is 0.437. The molecule has 1 atom stereocenters. The molecule has 36 heavy (non-hydrogen) atoms. The van der Waals surface area contributed by atoms with E-state index in [0.29, 0.717) is 11.3 Å². The number of nitrogens with zero attached hydrogens (tertiary/aromatic N) is 3. The number of hydrogen-bond donors (Lipinski definition) is 0. The summed E-state index contributed by atoms with van der Waals surface area (Å²) in [6.45, 7) is 3.77. The van der Waals surface area contributed by atoms with Crippen LogP contribution in [0.5, 0.6) is 5.75 Å². The van der Waals surface area contributed by atoms with Gasteiger partial charge in [0.15, 0.2) is 15.9 Å². The van der Waals surface area contributed by atoms with E-state index in [2.05, 4.69) is 5.10 Å². The zero-order valence-corrected chi connectivity index (χ0v) is 20.4. The van der Waals surface area contributed by atoms with Crippen LogP contribution in [0.1, 0.15) is 42.4 Å². The topological polar surface area (TPSA) is 81.5 Å². The van der Waals surface area contributed by atoms with E-state index >= 15 is 0 Å². The second-order valence-electron chi connectivity index (χ2n) is 8.71. The largest absolute Gasteiger partial charge is 0.480 e. The van der Waals surface area contributed by atoms with Gasteiger partial charge in [0.25, 0.3) is 5.91 Å². The molecule has 0 N–H and O–H groups in total. The number of carbonyl (C=O) groups excluding carboxylic acids is 1. The number of fused-ring (bicyclic) bond motifs is 1. The Morgan fingerprint density at radius 3 is 2.39 bits per heavy atom. The highest BCUT2D eigenvalue weighted by Gasteiger charge is 2.39. The smallest absolute Gasteiger partial charge is 0.425 e. The minimum absolute atomic E-state index is 0.00500. The zero-order valence-electron chi connectivity index (χ0n) is 19.6. The summed E-state index contributed by atoms with van der Waals surface area (Å²) >= 11 is 0. The van der Waals surface area contributed by atoms with Crippen molar-refractivity contribution in [2.75, 3.05) is 0 Å². The molecule has 1 amide bonds. The van der Waals surface area contributed by atoms with Gasteiger partial charge in [-0.25, -0.2) is 17.5 Å². The number of hydrogen-bond acceptors (Lipinski definition) is 5. The van der Waals surface area contributed by atoms with Gasteiger partial charge in [-0.15, -0.1) is 0 Å². The number of rotatable bonds is 6. The van der Waals surface area contributed by atoms with E-state index in [9.17, 15) is 30.8 Å². The third kappa shape index (κ3) is 4.81. The van der Waals surface area contributed by atoms with Crippen LogP contribution in [-0.2, 0) is 22.9 Å². The number of benzene rings is 2. The van der Waals surface area contributed by atoms with Crippen molar-refractivity contribution in [1.29, 1.82) is 0 Å². The van der Waals surface area contributed by atoms with E-state index in [4.69, 9.17) is 4.74 Å². The van der Waals surface area contributed by atoms with Crippen molar-refractivity contribution in [2.24, 2.45) is 0 Å². The van der Waals surface area contributed by atoms with E-state index in [1.165, 1.54) is 29.5 Å². The first-order valence-electron chi connectivity index (χ1n) is 11.0. The fourth-order valence-electron chi connectivity index (χ4n) is 3.71. The highest BCUT2D eigenvalue weighted by atomic mass is 32.2. The molecule has 1 aliphatic heterocycles. The van der Waals surface area contributed by atoms with E-state index in [-0.39, 0.29) is 35.0 Å². The number of amides is 1. The molecule has 0 radical (unpaired) electrons. The number of ether oxygens (including phenoxy) is 1. The molecule has 7 nitrogen and oxygen atoms in total. The molecule has 0 bridgehead atoms. The molecule has 12 heteroatoms. The molecule has 2 heterocycles. The van der Waals surface area contributed by atoms with Crippen LogP contribution in [0.15, 0.2) is 53.6 Å². The van der Waals surface area contributed by atoms with E-state index in [1.54, 1.807) is 24.4 Å². The summed E-state index contributed by atoms with van der Waals surface area (Å²) in [6.07, 6.45) is -5.34. The van der Waals surface area contributed by atoms with E-state index in [0.717, 1.165) is 25.1 Å². The third-order valence-electron chi connectivity index (χ3n) is 5.86. The lowest BCUT2D eigenvalue weighted by molar-refractivity contribution is -0.189. The van der Waals surface area contributed by atoms with E-state index < -0.39 is 39.1 Å². The van der Waals surface area contributed by atoms with Gasteiger partial charge in [0, 0.05) is 18.3 Å². The van der Waals surface area contributed by atoms with Crippen LogP contribution in [0.25, 0.3) is 5.69 Å². The van der Waals surface area contributed by atoms with Crippen molar-refractivity contribution in [2.45, 2.75) is 56.3 Å². The number of halogens is 4. The van der Waals surface area contributed by atoms with Gasteiger partial charge in [-0.05, 0) is 51.1 Å². The molecule has 0 saturated carbocycles. The van der Waals surface area contributed by atoms with Gasteiger partial charge < -0.3 is 9.64 Å². The lowest BCUT2D eigenvalue weighted by Gasteiger charge is -2.22. The number of para-hydroxylation sites is 1. The summed E-state index contributed by atoms with van der Waals surface area (Å²) in [5, 5.41) is 3.53. The number of sulfone groups is 1. The SMILES string of the molecule is CC(C)S(=O)(=O)c1ccc(O[C@@H](C)C(F)(F)F)c(C(=O)N2Cc3cn(-c4ccccc4F)nc3C2)c1. The van der Waals surface area contributed by atoms with Gasteiger partial charge in [0.05, 0.1) is 27.9 Å². The van der Waals surface area contributed by atoms with Crippen LogP contribution in [-0.4, -0.2) is 46.5 Å². The van der Waals surface area contributed by atoms with Crippen LogP contribution in [0.4, 0.5) is 17.6 Å². The second kappa shape index (κ2) is 9.23. The van der Waals surface area contributed by atoms with Gasteiger partial charge in [0.1, 0.15) is 17.3 Å². The third-order valence-corrected chi connectivity index (χ3v) is 8.01. The molecule has 4 rings (SSSR count). The average molecular weight is 526 g/mol. The van der Waals surface area contributed by atoms with Crippen molar-refractivity contribution in [3.63, 3.8) is 0 Å². The number of alkyl halides is 3. The maximum Gasteiger partial charge on any atom is 0.425 e. The summed E-state index contributed by atoms with van der Waals surface area (Å²) in [6, 6.07) is 9.28. The lowest BCUT2D eigenvalue weighted by atomic mass is 10.1. The predicted molar refractivity (Wildman–Crippen MR) is 122 cm³/mol. The van der Waals surface area contributed by atoms with Gasteiger partial charge in [-0.2, -0.15) is 18.3 Å². The Bertz CT molecular complexity index is 1390. The highest BCUT2D eigenvalue weighted by molar-refractivity contribution is 7.92. The normalized spacial score (nSPS) is 14.7. The Hall–Kier alpha value is -3.41. The first kappa shape index (κ1) is 25.7. The Morgan fingerprint density at radius 2 is 1.78 bits per heavy atom. The van der Waals surface area contributed by atoms with Crippen molar-refractivity contribution >= 4 is 15.7 Å². The molecule has 0 aliphatic carbocycles. The maximum absolute atomic E-state index is 14.1. The van der Waals surface area contributed by atoms with E-state index in [1.807, 2.05) is 0 Å². The molecular weight excluding hydrogens is 502 g/mol. The average Bonchev–Trinajstić information content (AvgIpc) is 3.37. The first-order chi connectivity index (χ1) is 16.8. The Labute approximate surface area is 205 Å². The van der Waals surface area contributed by atoms with Crippen molar-refractivity contribution in [3.05, 3.63) is 71.3 Å². The number of carbonyl (C=O) groups is 1. The molecule has 2 aromatic carbocycles. The maximum atomic E-state index is 14.1. The summed E-state index contributed by atoms with van der Waals surface area (Å²) in [4.78, 5) is 14.5. The molecule has 0 spiro atoms. The minimum atomic E-state index is -4.69. The Kier molecular flexibility index (Phi) is 6.58. The molecule has 0 saturated heterocycles. The summed E-state index contributed by atoms with van der Waals surface area (Å²) in [5.74, 6) is -1.57. The Morgan fingerprint density at radius 1 is 1.08 bits per heavy atom.